The molecule has 0 aliphatic carbocycles. The third-order valence-corrected chi connectivity index (χ3v) is 13.3. The Labute approximate surface area is 357 Å². The van der Waals surface area contributed by atoms with E-state index in [1.54, 1.807) is 13.8 Å². The number of carbonyl (C=O) groups excluding carboxylic acids is 3. The van der Waals surface area contributed by atoms with Gasteiger partial charge in [-0.15, -0.1) is 0 Å². The lowest BCUT2D eigenvalue weighted by Gasteiger charge is -2.30. The Morgan fingerprint density at radius 2 is 1.66 bits per heavy atom. The summed E-state index contributed by atoms with van der Waals surface area (Å²) in [4.78, 5) is 99.1. The normalized spacial score (nSPS) is 22.2. The van der Waals surface area contributed by atoms with Crippen molar-refractivity contribution in [2.45, 2.75) is 90.1 Å². The fraction of sp³-hybridized carbons (Fsp3) is 0.710. The molecule has 0 aromatic carbocycles. The third-order valence-electron chi connectivity index (χ3n) is 9.17. The standard InChI is InChI=1S/C31H52N7O20P3S/c1-16(11-21(41)42)5-6-18(39)17(2)30(46)62-10-9-33-20(40)7-8-34-28(45)25(44)31(3,4)13-55-61(52,53)58-60(50,51)54-12-19-24(57-59(47,48)49)23(43)29(56-19)38-15-37-22-26(32)35-14-36-27(22)38/h14-19,23-25,29,39,43-44H,5-13H2,1-4H3,(H,33,40)(H,34,45)(H,41,42)(H,50,51)(H,52,53)(H2,32,35,36)(H2,47,48,49)/t16?,17?,18?,19-,23+,24-,25+,29-/m1/s1. The number of phosphoric ester groups is 3. The molecule has 62 heavy (non-hydrogen) atoms. The van der Waals surface area contributed by atoms with Gasteiger partial charge >= 0.3 is 29.4 Å². The Morgan fingerprint density at radius 1 is 1.00 bits per heavy atom. The van der Waals surface area contributed by atoms with Crippen LogP contribution in [0.4, 0.5) is 5.82 Å². The quantitative estimate of drug-likeness (QED) is 0.0420. The second-order valence-electron chi connectivity index (χ2n) is 14.9. The maximum atomic E-state index is 12.7. The van der Waals surface area contributed by atoms with Gasteiger partial charge < -0.3 is 61.1 Å². The molecule has 0 saturated carbocycles. The summed E-state index contributed by atoms with van der Waals surface area (Å²) in [6.45, 7) is 3.48. The molecule has 1 saturated heterocycles. The number of aliphatic hydroxyl groups excluding tert-OH is 3. The van der Waals surface area contributed by atoms with Crippen molar-refractivity contribution in [1.29, 1.82) is 0 Å². The number of aromatic nitrogens is 4. The summed E-state index contributed by atoms with van der Waals surface area (Å²) in [6, 6.07) is 0. The molecule has 1 aliphatic heterocycles. The second kappa shape index (κ2) is 22.7. The predicted octanol–water partition coefficient (Wildman–Crippen LogP) is -0.447. The van der Waals surface area contributed by atoms with Crippen LogP contribution in [0.3, 0.4) is 0 Å². The highest BCUT2D eigenvalue weighted by Gasteiger charge is 2.50. The van der Waals surface area contributed by atoms with E-state index in [-0.39, 0.29) is 66.1 Å². The predicted molar refractivity (Wildman–Crippen MR) is 213 cm³/mol. The number of fused-ring (bicyclic) bond motifs is 1. The third kappa shape index (κ3) is 16.5. The molecule has 2 aromatic rings. The molecule has 352 valence electrons. The first-order valence-corrected chi connectivity index (χ1v) is 24.1. The zero-order chi connectivity index (χ0) is 46.8. The Morgan fingerprint density at radius 3 is 2.31 bits per heavy atom. The van der Waals surface area contributed by atoms with Gasteiger partial charge in [0.2, 0.25) is 11.8 Å². The number of carboxylic acid groups (broad SMARTS) is 1. The van der Waals surface area contributed by atoms with Gasteiger partial charge in [0, 0.05) is 37.1 Å². The van der Waals surface area contributed by atoms with E-state index in [0.717, 1.165) is 29.0 Å². The number of carboxylic acids is 1. The zero-order valence-corrected chi connectivity index (χ0v) is 37.2. The Bertz CT molecular complexity index is 2020. The molecule has 1 fully saturated rings. The summed E-state index contributed by atoms with van der Waals surface area (Å²) in [7, 11) is -16.5. The maximum Gasteiger partial charge on any atom is 0.481 e. The van der Waals surface area contributed by atoms with Crippen LogP contribution < -0.4 is 16.4 Å². The highest BCUT2D eigenvalue weighted by Crippen LogP contribution is 2.61. The first-order valence-electron chi connectivity index (χ1n) is 18.6. The van der Waals surface area contributed by atoms with Crippen molar-refractivity contribution in [1.82, 2.24) is 30.2 Å². The number of imidazole rings is 1. The number of nitrogens with two attached hydrogens (primary N) is 1. The Kier molecular flexibility index (Phi) is 19.6. The fourth-order valence-corrected chi connectivity index (χ4v) is 9.33. The zero-order valence-electron chi connectivity index (χ0n) is 33.7. The van der Waals surface area contributed by atoms with Gasteiger partial charge in [-0.2, -0.15) is 4.31 Å². The molecule has 2 aromatic heterocycles. The lowest BCUT2D eigenvalue weighted by Crippen LogP contribution is -2.46. The largest absolute Gasteiger partial charge is 0.481 e. The number of rotatable bonds is 26. The number of ether oxygens (including phenoxy) is 1. The van der Waals surface area contributed by atoms with Gasteiger partial charge in [0.15, 0.2) is 22.8 Å². The van der Waals surface area contributed by atoms with Gasteiger partial charge in [-0.05, 0) is 18.8 Å². The number of hydrogen-bond acceptors (Lipinski definition) is 20. The minimum Gasteiger partial charge on any atom is -0.481 e. The molecule has 0 radical (unpaired) electrons. The summed E-state index contributed by atoms with van der Waals surface area (Å²) in [5, 5.41) is 45.2. The van der Waals surface area contributed by atoms with Gasteiger partial charge in [0.1, 0.15) is 36.3 Å². The SMILES string of the molecule is CC(CCC(O)C(C)C(=O)SCCNC(=O)CCNC(=O)[C@H](O)C(C)(C)COP(=O)(O)OP(=O)(O)OC[C@H]1O[C@@H](n2cnc3c(N)ncnc32)[C@@H](O)[C@@H]1OP(=O)(O)O)CC(=O)O. The van der Waals surface area contributed by atoms with Crippen LogP contribution >= 0.6 is 35.2 Å². The van der Waals surface area contributed by atoms with Crippen molar-refractivity contribution in [3.63, 3.8) is 0 Å². The number of carbonyl (C=O) groups is 4. The maximum absolute atomic E-state index is 12.7. The number of hydrogen-bond donors (Lipinski definition) is 11. The van der Waals surface area contributed by atoms with Gasteiger partial charge in [-0.3, -0.25) is 37.3 Å². The summed E-state index contributed by atoms with van der Waals surface area (Å²) >= 11 is 0.897. The van der Waals surface area contributed by atoms with E-state index >= 15 is 0 Å². The molecule has 31 heteroatoms. The van der Waals surface area contributed by atoms with Crippen molar-refractivity contribution in [3.8, 4) is 0 Å². The van der Waals surface area contributed by atoms with Crippen LogP contribution in [0.5, 0.6) is 0 Å². The molecular weight excluding hydrogens is 915 g/mol. The molecular formula is C31H52N7O20P3S. The van der Waals surface area contributed by atoms with Crippen LogP contribution in [0.2, 0.25) is 0 Å². The molecule has 12 N–H and O–H groups in total. The van der Waals surface area contributed by atoms with E-state index in [4.69, 9.17) is 24.6 Å². The van der Waals surface area contributed by atoms with E-state index in [9.17, 15) is 67.8 Å². The number of thioether (sulfide) groups is 1. The number of nitrogens with one attached hydrogen (secondary N) is 2. The Hall–Kier alpha value is -3.01. The number of nitrogen functional groups attached to an aromatic ring is 1. The molecule has 10 atom stereocenters. The molecule has 3 rings (SSSR count). The number of phosphoric acid groups is 3. The van der Waals surface area contributed by atoms with Gasteiger partial charge in [0.05, 0.1) is 31.6 Å². The number of anilines is 1. The average Bonchev–Trinajstić information content (AvgIpc) is 3.72. The van der Waals surface area contributed by atoms with E-state index in [1.807, 2.05) is 0 Å². The first-order chi connectivity index (χ1) is 28.6. The topological polar surface area (TPSA) is 421 Å². The van der Waals surface area contributed by atoms with Crippen molar-refractivity contribution in [2.75, 3.05) is 37.8 Å². The van der Waals surface area contributed by atoms with Crippen molar-refractivity contribution in [2.24, 2.45) is 17.3 Å². The lowest BCUT2D eigenvalue weighted by molar-refractivity contribution is -0.138. The molecule has 27 nitrogen and oxygen atoms in total. The van der Waals surface area contributed by atoms with E-state index in [0.29, 0.717) is 6.42 Å². The van der Waals surface area contributed by atoms with E-state index in [2.05, 4.69) is 34.4 Å². The summed E-state index contributed by atoms with van der Waals surface area (Å²) in [5.41, 5.74) is 4.19. The number of amides is 2. The number of aliphatic hydroxyl groups is 3. The number of nitrogens with zero attached hydrogens (tertiary/aromatic N) is 4. The lowest BCUT2D eigenvalue weighted by atomic mass is 9.87. The average molecular weight is 968 g/mol. The molecule has 3 heterocycles. The minimum atomic E-state index is -5.60. The smallest absolute Gasteiger partial charge is 0.481 e. The van der Waals surface area contributed by atoms with Crippen LogP contribution in [-0.4, -0.2) is 145 Å². The Balaban J connectivity index is 1.43. The van der Waals surface area contributed by atoms with Crippen molar-refractivity contribution < 1.29 is 95.5 Å². The molecule has 5 unspecified atom stereocenters. The highest BCUT2D eigenvalue weighted by atomic mass is 32.2. The fourth-order valence-electron chi connectivity index (χ4n) is 5.68. The van der Waals surface area contributed by atoms with Crippen LogP contribution in [0.25, 0.3) is 11.2 Å². The monoisotopic (exact) mass is 967 g/mol. The van der Waals surface area contributed by atoms with Crippen LogP contribution in [0.15, 0.2) is 12.7 Å². The molecule has 0 spiro atoms. The van der Waals surface area contributed by atoms with Gasteiger partial charge in [-0.1, -0.05) is 39.5 Å². The van der Waals surface area contributed by atoms with Gasteiger partial charge in [-0.25, -0.2) is 28.6 Å². The number of aliphatic carboxylic acids is 1. The van der Waals surface area contributed by atoms with E-state index < -0.39 is 103 Å². The molecule has 0 bridgehead atoms. The molecule has 2 amide bonds. The second-order valence-corrected chi connectivity index (χ2v) is 20.2. The van der Waals surface area contributed by atoms with Crippen LogP contribution in [0.1, 0.15) is 59.6 Å². The summed E-state index contributed by atoms with van der Waals surface area (Å²) in [5.74, 6) is -3.24. The van der Waals surface area contributed by atoms with Gasteiger partial charge in [0.25, 0.3) is 0 Å². The summed E-state index contributed by atoms with van der Waals surface area (Å²) < 4.78 is 62.2. The highest BCUT2D eigenvalue weighted by molar-refractivity contribution is 8.13. The van der Waals surface area contributed by atoms with Crippen molar-refractivity contribution in [3.05, 3.63) is 12.7 Å². The molecule has 1 aliphatic rings. The van der Waals surface area contributed by atoms with E-state index in [1.165, 1.54) is 13.8 Å². The summed E-state index contributed by atoms with van der Waals surface area (Å²) in [6.07, 6.45) is -7.46. The van der Waals surface area contributed by atoms with Crippen molar-refractivity contribution >= 4 is 75.1 Å². The minimum absolute atomic E-state index is 0.0173. The van der Waals surface area contributed by atoms with Crippen LogP contribution in [-0.2, 0) is 55.5 Å². The first kappa shape index (κ1) is 53.3. The van der Waals surface area contributed by atoms with Crippen LogP contribution in [0, 0.1) is 17.3 Å².